The van der Waals surface area contributed by atoms with E-state index in [1.165, 1.54) is 0 Å². The summed E-state index contributed by atoms with van der Waals surface area (Å²) in [4.78, 5) is 0. The molecule has 2 N–H and O–H groups in total. The lowest BCUT2D eigenvalue weighted by molar-refractivity contribution is 0.468. The third-order valence-electron chi connectivity index (χ3n) is 2.63. The van der Waals surface area contributed by atoms with Crippen molar-refractivity contribution in [3.63, 3.8) is 0 Å². The number of phenols is 2. The molecule has 0 fully saturated rings. The number of hydrogen-bond donors (Lipinski definition) is 2. The van der Waals surface area contributed by atoms with Gasteiger partial charge in [0.2, 0.25) is 0 Å². The number of aromatic hydroxyl groups is 2. The third kappa shape index (κ3) is 1.74. The Labute approximate surface area is 94.8 Å². The van der Waals surface area contributed by atoms with Crippen LogP contribution in [0.25, 0.3) is 11.1 Å². The molecule has 0 radical (unpaired) electrons. The van der Waals surface area contributed by atoms with Crippen LogP contribution in [0.3, 0.4) is 0 Å². The number of phenolic OH excluding ortho intramolecular Hbond substituents is 2. The van der Waals surface area contributed by atoms with Crippen LogP contribution in [0, 0.1) is 13.8 Å². The van der Waals surface area contributed by atoms with Crippen LogP contribution in [-0.2, 0) is 0 Å². The SMILES string of the molecule is Cc1cc(C)c(-c2ccccc2O)c(O)c1. The number of aryl methyl sites for hydroxylation is 2. The first-order valence-corrected chi connectivity index (χ1v) is 5.18. The van der Waals surface area contributed by atoms with Gasteiger partial charge in [-0.15, -0.1) is 0 Å². The Kier molecular flexibility index (Phi) is 2.57. The van der Waals surface area contributed by atoms with Gasteiger partial charge >= 0.3 is 0 Å². The van der Waals surface area contributed by atoms with E-state index < -0.39 is 0 Å². The molecule has 2 aromatic carbocycles. The Bertz CT molecular complexity index is 507. The molecule has 0 amide bonds. The van der Waals surface area contributed by atoms with Gasteiger partial charge in [-0.25, -0.2) is 0 Å². The molecule has 0 aliphatic carbocycles. The van der Waals surface area contributed by atoms with Crippen molar-refractivity contribution in [3.8, 4) is 22.6 Å². The average Bonchev–Trinajstić information content (AvgIpc) is 2.19. The van der Waals surface area contributed by atoms with Gasteiger partial charge < -0.3 is 10.2 Å². The van der Waals surface area contributed by atoms with E-state index in [4.69, 9.17) is 0 Å². The Morgan fingerprint density at radius 3 is 2.19 bits per heavy atom. The van der Waals surface area contributed by atoms with Gasteiger partial charge in [-0.1, -0.05) is 24.3 Å². The molecule has 0 aromatic heterocycles. The zero-order valence-electron chi connectivity index (χ0n) is 9.36. The van der Waals surface area contributed by atoms with Crippen molar-refractivity contribution in [1.29, 1.82) is 0 Å². The Hall–Kier alpha value is -1.96. The Balaban J connectivity index is 2.70. The fourth-order valence-corrected chi connectivity index (χ4v) is 1.98. The highest BCUT2D eigenvalue weighted by atomic mass is 16.3. The van der Waals surface area contributed by atoms with E-state index in [0.29, 0.717) is 11.1 Å². The molecule has 0 saturated carbocycles. The summed E-state index contributed by atoms with van der Waals surface area (Å²) in [5, 5.41) is 19.7. The molecule has 0 bridgehead atoms. The minimum atomic E-state index is 0.185. The molecule has 0 atom stereocenters. The van der Waals surface area contributed by atoms with Crippen molar-refractivity contribution in [2.45, 2.75) is 13.8 Å². The standard InChI is InChI=1S/C14H14O2/c1-9-7-10(2)14(13(16)8-9)11-5-3-4-6-12(11)15/h3-8,15-16H,1-2H3. The van der Waals surface area contributed by atoms with Crippen LogP contribution in [0.5, 0.6) is 11.5 Å². The van der Waals surface area contributed by atoms with Gasteiger partial charge in [0.05, 0.1) is 0 Å². The van der Waals surface area contributed by atoms with Crippen molar-refractivity contribution < 1.29 is 10.2 Å². The average molecular weight is 214 g/mol. The Morgan fingerprint density at radius 1 is 0.875 bits per heavy atom. The molecule has 0 heterocycles. The molecule has 0 aliphatic rings. The molecular weight excluding hydrogens is 200 g/mol. The fraction of sp³-hybridized carbons (Fsp3) is 0.143. The zero-order valence-corrected chi connectivity index (χ0v) is 9.36. The highest BCUT2D eigenvalue weighted by Gasteiger charge is 2.11. The second-order valence-corrected chi connectivity index (χ2v) is 3.99. The van der Waals surface area contributed by atoms with Crippen molar-refractivity contribution in [2.75, 3.05) is 0 Å². The molecule has 0 saturated heterocycles. The number of para-hydroxylation sites is 1. The van der Waals surface area contributed by atoms with E-state index in [1.807, 2.05) is 26.0 Å². The predicted octanol–water partition coefficient (Wildman–Crippen LogP) is 3.38. The van der Waals surface area contributed by atoms with Gasteiger partial charge in [0, 0.05) is 11.1 Å². The third-order valence-corrected chi connectivity index (χ3v) is 2.63. The van der Waals surface area contributed by atoms with E-state index in [1.54, 1.807) is 24.3 Å². The first kappa shape index (κ1) is 10.6. The highest BCUT2D eigenvalue weighted by Crippen LogP contribution is 2.37. The van der Waals surface area contributed by atoms with Gasteiger partial charge in [0.25, 0.3) is 0 Å². The summed E-state index contributed by atoms with van der Waals surface area (Å²) < 4.78 is 0. The van der Waals surface area contributed by atoms with Gasteiger partial charge in [0.15, 0.2) is 0 Å². The molecule has 2 heteroatoms. The van der Waals surface area contributed by atoms with E-state index in [2.05, 4.69) is 0 Å². The van der Waals surface area contributed by atoms with E-state index in [0.717, 1.165) is 11.1 Å². The van der Waals surface area contributed by atoms with Crippen LogP contribution in [0.1, 0.15) is 11.1 Å². The lowest BCUT2D eigenvalue weighted by Crippen LogP contribution is -1.87. The maximum absolute atomic E-state index is 9.94. The monoisotopic (exact) mass is 214 g/mol. The zero-order chi connectivity index (χ0) is 11.7. The summed E-state index contributed by atoms with van der Waals surface area (Å²) in [6.07, 6.45) is 0. The molecule has 2 aromatic rings. The predicted molar refractivity (Wildman–Crippen MR) is 64.7 cm³/mol. The van der Waals surface area contributed by atoms with Crippen molar-refractivity contribution in [3.05, 3.63) is 47.5 Å². The Morgan fingerprint density at radius 2 is 1.56 bits per heavy atom. The number of hydrogen-bond acceptors (Lipinski definition) is 2. The quantitative estimate of drug-likeness (QED) is 0.764. The van der Waals surface area contributed by atoms with Gasteiger partial charge in [0.1, 0.15) is 11.5 Å². The first-order chi connectivity index (χ1) is 7.59. The highest BCUT2D eigenvalue weighted by molar-refractivity contribution is 5.78. The first-order valence-electron chi connectivity index (χ1n) is 5.18. The molecule has 0 aliphatic heterocycles. The molecule has 2 nitrogen and oxygen atoms in total. The molecule has 0 unspecified atom stereocenters. The number of rotatable bonds is 1. The molecule has 0 spiro atoms. The minimum Gasteiger partial charge on any atom is -0.507 e. The van der Waals surface area contributed by atoms with Crippen molar-refractivity contribution in [2.24, 2.45) is 0 Å². The summed E-state index contributed by atoms with van der Waals surface area (Å²) in [5.74, 6) is 0.392. The number of benzene rings is 2. The second kappa shape index (κ2) is 3.89. The summed E-state index contributed by atoms with van der Waals surface area (Å²) in [6, 6.07) is 10.7. The summed E-state index contributed by atoms with van der Waals surface area (Å²) >= 11 is 0. The normalized spacial score (nSPS) is 10.4. The largest absolute Gasteiger partial charge is 0.507 e. The maximum atomic E-state index is 9.94. The molecular formula is C14H14O2. The minimum absolute atomic E-state index is 0.185. The van der Waals surface area contributed by atoms with Crippen LogP contribution in [0.15, 0.2) is 36.4 Å². The maximum Gasteiger partial charge on any atom is 0.124 e. The summed E-state index contributed by atoms with van der Waals surface area (Å²) in [5.41, 5.74) is 3.33. The lowest BCUT2D eigenvalue weighted by atomic mass is 9.97. The van der Waals surface area contributed by atoms with Gasteiger partial charge in [-0.05, 0) is 37.1 Å². The van der Waals surface area contributed by atoms with Gasteiger partial charge in [-0.2, -0.15) is 0 Å². The van der Waals surface area contributed by atoms with Gasteiger partial charge in [-0.3, -0.25) is 0 Å². The van der Waals surface area contributed by atoms with Crippen LogP contribution >= 0.6 is 0 Å². The van der Waals surface area contributed by atoms with E-state index in [-0.39, 0.29) is 11.5 Å². The fourth-order valence-electron chi connectivity index (χ4n) is 1.98. The summed E-state index contributed by atoms with van der Waals surface area (Å²) in [7, 11) is 0. The van der Waals surface area contributed by atoms with E-state index >= 15 is 0 Å². The summed E-state index contributed by atoms with van der Waals surface area (Å²) in [6.45, 7) is 3.86. The van der Waals surface area contributed by atoms with Crippen LogP contribution < -0.4 is 0 Å². The molecule has 2 rings (SSSR count). The van der Waals surface area contributed by atoms with Crippen LogP contribution in [0.4, 0.5) is 0 Å². The lowest BCUT2D eigenvalue weighted by Gasteiger charge is -2.11. The second-order valence-electron chi connectivity index (χ2n) is 3.99. The van der Waals surface area contributed by atoms with Crippen LogP contribution in [0.2, 0.25) is 0 Å². The topological polar surface area (TPSA) is 40.5 Å². The van der Waals surface area contributed by atoms with Crippen LogP contribution in [-0.4, -0.2) is 10.2 Å². The smallest absolute Gasteiger partial charge is 0.124 e. The molecule has 82 valence electrons. The van der Waals surface area contributed by atoms with Crippen molar-refractivity contribution >= 4 is 0 Å². The molecule has 16 heavy (non-hydrogen) atoms. The van der Waals surface area contributed by atoms with E-state index in [9.17, 15) is 10.2 Å². The van der Waals surface area contributed by atoms with Crippen molar-refractivity contribution in [1.82, 2.24) is 0 Å².